The molecule has 0 aromatic rings. The number of allylic oxidation sites excluding steroid dienone is 1. The Morgan fingerprint density at radius 1 is 1.03 bits per heavy atom. The smallest absolute Gasteiger partial charge is 0.305 e. The monoisotopic (exact) mass is 500 g/mol. The zero-order valence-corrected chi connectivity index (χ0v) is 22.8. The summed E-state index contributed by atoms with van der Waals surface area (Å²) >= 11 is 0. The Kier molecular flexibility index (Phi) is 6.67. The first-order valence-corrected chi connectivity index (χ1v) is 14.2. The summed E-state index contributed by atoms with van der Waals surface area (Å²) in [6, 6.07) is 0. The summed E-state index contributed by atoms with van der Waals surface area (Å²) in [6.45, 7) is 8.02. The lowest BCUT2D eigenvalue weighted by atomic mass is 9.46. The third kappa shape index (κ3) is 3.88. The van der Waals surface area contributed by atoms with Crippen molar-refractivity contribution in [2.75, 3.05) is 7.11 Å². The van der Waals surface area contributed by atoms with Crippen LogP contribution < -0.4 is 0 Å². The van der Waals surface area contributed by atoms with E-state index in [0.717, 1.165) is 57.8 Å². The number of ketones is 1. The van der Waals surface area contributed by atoms with Crippen molar-refractivity contribution >= 4 is 17.7 Å². The van der Waals surface area contributed by atoms with Gasteiger partial charge in [0.15, 0.2) is 5.78 Å². The minimum Gasteiger partial charge on any atom is -0.462 e. The lowest BCUT2D eigenvalue weighted by Gasteiger charge is -2.58. The molecule has 5 aliphatic carbocycles. The molecule has 200 valence electrons. The lowest BCUT2D eigenvalue weighted by molar-refractivity contribution is -0.169. The Labute approximate surface area is 215 Å². The van der Waals surface area contributed by atoms with E-state index in [1.54, 1.807) is 0 Å². The summed E-state index contributed by atoms with van der Waals surface area (Å²) in [6.07, 6.45) is 11.5. The van der Waals surface area contributed by atoms with Crippen molar-refractivity contribution in [3.63, 3.8) is 0 Å². The van der Waals surface area contributed by atoms with E-state index >= 15 is 0 Å². The van der Waals surface area contributed by atoms with Crippen LogP contribution in [-0.4, -0.2) is 42.6 Å². The highest BCUT2D eigenvalue weighted by molar-refractivity contribution is 5.94. The zero-order valence-electron chi connectivity index (χ0n) is 22.8. The van der Waals surface area contributed by atoms with E-state index in [1.165, 1.54) is 12.5 Å². The summed E-state index contributed by atoms with van der Waals surface area (Å²) < 4.78 is 18.0. The number of ether oxygens (including phenoxy) is 3. The van der Waals surface area contributed by atoms with Gasteiger partial charge in [0.2, 0.25) is 0 Å². The molecule has 0 aromatic carbocycles. The average molecular weight is 501 g/mol. The van der Waals surface area contributed by atoms with Crippen LogP contribution in [0.25, 0.3) is 0 Å². The summed E-state index contributed by atoms with van der Waals surface area (Å²) in [4.78, 5) is 38.0. The maximum absolute atomic E-state index is 13.9. The minimum absolute atomic E-state index is 0.0453. The van der Waals surface area contributed by atoms with Crippen LogP contribution in [-0.2, 0) is 28.6 Å². The Bertz CT molecular complexity index is 947. The molecule has 0 amide bonds. The first kappa shape index (κ1) is 25.9. The van der Waals surface area contributed by atoms with Crippen molar-refractivity contribution in [2.45, 2.75) is 116 Å². The molecular weight excluding hydrogens is 456 g/mol. The topological polar surface area (TPSA) is 78.9 Å². The van der Waals surface area contributed by atoms with E-state index < -0.39 is 0 Å². The van der Waals surface area contributed by atoms with Crippen molar-refractivity contribution in [3.05, 3.63) is 11.6 Å². The van der Waals surface area contributed by atoms with Gasteiger partial charge >= 0.3 is 11.9 Å². The van der Waals surface area contributed by atoms with Gasteiger partial charge in [0.1, 0.15) is 12.2 Å². The van der Waals surface area contributed by atoms with Gasteiger partial charge in [-0.1, -0.05) is 39.2 Å². The van der Waals surface area contributed by atoms with Gasteiger partial charge < -0.3 is 14.2 Å². The van der Waals surface area contributed by atoms with E-state index in [0.29, 0.717) is 12.8 Å². The second-order valence-electron chi connectivity index (χ2n) is 12.8. The first-order chi connectivity index (χ1) is 17.1. The molecule has 0 N–H and O–H groups in total. The molecule has 8 atom stereocenters. The SMILES string of the molecule is CCC(=O)O[C@H]1CC[C@@]2(C)C(=CC(=O)C3C2CC[C@@]2(C)C3C[C@@H](OC(C)=O)[C@@H]2C2(OC)CCCC2)C1. The number of esters is 2. The van der Waals surface area contributed by atoms with Gasteiger partial charge in [-0.3, -0.25) is 14.4 Å². The molecule has 3 unspecified atom stereocenters. The fourth-order valence-corrected chi connectivity index (χ4v) is 9.62. The lowest BCUT2D eigenvalue weighted by Crippen LogP contribution is -2.56. The van der Waals surface area contributed by atoms with Crippen molar-refractivity contribution in [1.29, 1.82) is 0 Å². The van der Waals surface area contributed by atoms with Crippen LogP contribution in [0, 0.1) is 34.5 Å². The van der Waals surface area contributed by atoms with Crippen LogP contribution in [0.15, 0.2) is 11.6 Å². The molecule has 36 heavy (non-hydrogen) atoms. The van der Waals surface area contributed by atoms with Crippen LogP contribution >= 0.6 is 0 Å². The Morgan fingerprint density at radius 2 is 1.75 bits per heavy atom. The molecule has 0 saturated heterocycles. The van der Waals surface area contributed by atoms with Crippen molar-refractivity contribution in [3.8, 4) is 0 Å². The van der Waals surface area contributed by atoms with E-state index in [4.69, 9.17) is 14.2 Å². The number of fused-ring (bicyclic) bond motifs is 5. The average Bonchev–Trinajstić information content (AvgIpc) is 3.42. The van der Waals surface area contributed by atoms with E-state index in [1.807, 2.05) is 20.1 Å². The molecule has 4 fully saturated rings. The molecular formula is C30H44O6. The number of carbonyl (C=O) groups excluding carboxylic acids is 3. The van der Waals surface area contributed by atoms with Crippen molar-refractivity contribution in [2.24, 2.45) is 34.5 Å². The molecule has 6 nitrogen and oxygen atoms in total. The summed E-state index contributed by atoms with van der Waals surface area (Å²) in [5, 5.41) is 0. The number of hydrogen-bond donors (Lipinski definition) is 0. The first-order valence-electron chi connectivity index (χ1n) is 14.2. The largest absolute Gasteiger partial charge is 0.462 e. The van der Waals surface area contributed by atoms with Gasteiger partial charge in [0.25, 0.3) is 0 Å². The number of hydrogen-bond acceptors (Lipinski definition) is 6. The predicted octanol–water partition coefficient (Wildman–Crippen LogP) is 5.57. The highest BCUT2D eigenvalue weighted by atomic mass is 16.6. The maximum Gasteiger partial charge on any atom is 0.305 e. The van der Waals surface area contributed by atoms with Crippen molar-refractivity contribution < 1.29 is 28.6 Å². The molecule has 0 bridgehead atoms. The fraction of sp³-hybridized carbons (Fsp3) is 0.833. The fourth-order valence-electron chi connectivity index (χ4n) is 9.62. The van der Waals surface area contributed by atoms with Crippen LogP contribution in [0.5, 0.6) is 0 Å². The van der Waals surface area contributed by atoms with Gasteiger partial charge in [-0.2, -0.15) is 0 Å². The van der Waals surface area contributed by atoms with Crippen LogP contribution in [0.3, 0.4) is 0 Å². The molecule has 6 heteroatoms. The molecule has 0 radical (unpaired) electrons. The molecule has 4 saturated carbocycles. The van der Waals surface area contributed by atoms with E-state index in [2.05, 4.69) is 13.8 Å². The Morgan fingerprint density at radius 3 is 2.39 bits per heavy atom. The van der Waals surface area contributed by atoms with Crippen LogP contribution in [0.1, 0.15) is 98.3 Å². The van der Waals surface area contributed by atoms with Gasteiger partial charge in [-0.25, -0.2) is 0 Å². The standard InChI is InChI=1S/C30H44O6/c1-6-25(33)36-20-9-13-28(3)19(15-20)16-23(32)26-21(28)10-14-29(4)22(26)17-24(35-18(2)31)27(29)30(34-5)11-7-8-12-30/h16,20-22,24,26-27H,6-15,17H2,1-5H3/t20-,21?,22?,24+,26?,27-,28-,29-/m0/s1. The third-order valence-electron chi connectivity index (χ3n) is 11.2. The minimum atomic E-state index is -0.277. The highest BCUT2D eigenvalue weighted by Gasteiger charge is 2.68. The van der Waals surface area contributed by atoms with Gasteiger partial charge in [0, 0.05) is 38.7 Å². The van der Waals surface area contributed by atoms with E-state index in [-0.39, 0.29) is 70.0 Å². The molecule has 5 aliphatic rings. The second kappa shape index (κ2) is 9.25. The Balaban J connectivity index is 1.48. The predicted molar refractivity (Wildman–Crippen MR) is 135 cm³/mol. The van der Waals surface area contributed by atoms with Crippen LogP contribution in [0.4, 0.5) is 0 Å². The number of methoxy groups -OCH3 is 1. The number of rotatable bonds is 5. The second-order valence-corrected chi connectivity index (χ2v) is 12.8. The molecule has 5 rings (SSSR count). The Hall–Kier alpha value is -1.69. The quantitative estimate of drug-likeness (QED) is 0.460. The zero-order chi connectivity index (χ0) is 25.9. The summed E-state index contributed by atoms with van der Waals surface area (Å²) in [5.74, 6) is 0.349. The third-order valence-corrected chi connectivity index (χ3v) is 11.2. The summed E-state index contributed by atoms with van der Waals surface area (Å²) in [7, 11) is 1.82. The normalized spacial score (nSPS) is 43.1. The van der Waals surface area contributed by atoms with Gasteiger partial charge in [0.05, 0.1) is 5.60 Å². The number of carbonyl (C=O) groups is 3. The van der Waals surface area contributed by atoms with Gasteiger partial charge in [-0.05, 0) is 73.7 Å². The van der Waals surface area contributed by atoms with Gasteiger partial charge in [-0.15, -0.1) is 0 Å². The van der Waals surface area contributed by atoms with Crippen LogP contribution in [0.2, 0.25) is 0 Å². The highest BCUT2D eigenvalue weighted by Crippen LogP contribution is 2.68. The summed E-state index contributed by atoms with van der Waals surface area (Å²) in [5.41, 5.74) is 0.747. The molecule has 0 aliphatic heterocycles. The van der Waals surface area contributed by atoms with E-state index in [9.17, 15) is 14.4 Å². The molecule has 0 heterocycles. The maximum atomic E-state index is 13.9. The molecule has 0 spiro atoms. The van der Waals surface area contributed by atoms with Crippen molar-refractivity contribution in [1.82, 2.24) is 0 Å². The molecule has 0 aromatic heterocycles.